The lowest BCUT2D eigenvalue weighted by atomic mass is 9.98. The van der Waals surface area contributed by atoms with Gasteiger partial charge in [0.1, 0.15) is 0 Å². The molecule has 24 heavy (non-hydrogen) atoms. The number of carbonyl (C=O) groups is 1. The van der Waals surface area contributed by atoms with Gasteiger partial charge in [0.2, 0.25) is 0 Å². The van der Waals surface area contributed by atoms with Gasteiger partial charge in [0.25, 0.3) is 0 Å². The molecule has 130 valence electrons. The molecule has 2 amide bonds. The van der Waals surface area contributed by atoms with E-state index in [1.807, 2.05) is 49.0 Å². The van der Waals surface area contributed by atoms with Crippen LogP contribution in [-0.2, 0) is 13.1 Å². The third-order valence-electron chi connectivity index (χ3n) is 3.91. The largest absolute Gasteiger partial charge is 0.394 e. The Bertz CT molecular complexity index is 642. The predicted molar refractivity (Wildman–Crippen MR) is 93.5 cm³/mol. The standard InChI is InChI=1S/C18H26N4O2/c1-3-8-18(2,14-23)21-17(24)19-12-15-6-4-7-16(11-15)13-22-10-5-9-20-22/h4-7,9-11,23H,3,8,12-14H2,1-2H3,(H2,19,21,24). The Morgan fingerprint density at radius 3 is 2.79 bits per heavy atom. The van der Waals surface area contributed by atoms with Crippen LogP contribution in [0.3, 0.4) is 0 Å². The van der Waals surface area contributed by atoms with Crippen LogP contribution in [0.5, 0.6) is 0 Å². The Balaban J connectivity index is 1.88. The number of aliphatic hydroxyl groups excluding tert-OH is 1. The summed E-state index contributed by atoms with van der Waals surface area (Å²) in [6.45, 7) is 4.94. The summed E-state index contributed by atoms with van der Waals surface area (Å²) in [6, 6.07) is 9.67. The van der Waals surface area contributed by atoms with Crippen LogP contribution in [0.15, 0.2) is 42.7 Å². The van der Waals surface area contributed by atoms with Crippen molar-refractivity contribution in [2.45, 2.75) is 45.3 Å². The van der Waals surface area contributed by atoms with Gasteiger partial charge in [-0.3, -0.25) is 4.68 Å². The van der Waals surface area contributed by atoms with Crippen LogP contribution in [0.4, 0.5) is 4.79 Å². The number of benzene rings is 1. The Kier molecular flexibility index (Phi) is 6.37. The zero-order valence-electron chi connectivity index (χ0n) is 14.3. The first-order valence-electron chi connectivity index (χ1n) is 8.27. The van der Waals surface area contributed by atoms with E-state index in [2.05, 4.69) is 21.8 Å². The molecule has 2 aromatic rings. The summed E-state index contributed by atoms with van der Waals surface area (Å²) in [6.07, 6.45) is 5.30. The van der Waals surface area contributed by atoms with Crippen molar-refractivity contribution in [2.75, 3.05) is 6.61 Å². The van der Waals surface area contributed by atoms with Gasteiger partial charge in [-0.25, -0.2) is 4.79 Å². The van der Waals surface area contributed by atoms with Gasteiger partial charge < -0.3 is 15.7 Å². The van der Waals surface area contributed by atoms with Crippen molar-refractivity contribution < 1.29 is 9.90 Å². The number of hydrogen-bond donors (Lipinski definition) is 3. The quantitative estimate of drug-likeness (QED) is 0.695. The molecule has 1 aromatic carbocycles. The summed E-state index contributed by atoms with van der Waals surface area (Å²) in [7, 11) is 0. The summed E-state index contributed by atoms with van der Waals surface area (Å²) in [5.41, 5.74) is 1.57. The summed E-state index contributed by atoms with van der Waals surface area (Å²) >= 11 is 0. The van der Waals surface area contributed by atoms with Crippen LogP contribution in [0, 0.1) is 0 Å². The molecule has 1 heterocycles. The van der Waals surface area contributed by atoms with E-state index in [1.165, 1.54) is 0 Å². The molecular weight excluding hydrogens is 304 g/mol. The molecule has 0 bridgehead atoms. The molecule has 0 aliphatic rings. The monoisotopic (exact) mass is 330 g/mol. The van der Waals surface area contributed by atoms with Gasteiger partial charge in [0.15, 0.2) is 0 Å². The maximum absolute atomic E-state index is 12.1. The minimum absolute atomic E-state index is 0.0758. The van der Waals surface area contributed by atoms with Gasteiger partial charge in [-0.05, 0) is 30.5 Å². The molecule has 6 nitrogen and oxygen atoms in total. The van der Waals surface area contributed by atoms with Gasteiger partial charge in [0, 0.05) is 18.9 Å². The van der Waals surface area contributed by atoms with E-state index in [-0.39, 0.29) is 12.6 Å². The number of hydrogen-bond acceptors (Lipinski definition) is 3. The number of nitrogens with zero attached hydrogens (tertiary/aromatic N) is 2. The van der Waals surface area contributed by atoms with Crippen LogP contribution in [0.25, 0.3) is 0 Å². The fourth-order valence-electron chi connectivity index (χ4n) is 2.65. The van der Waals surface area contributed by atoms with E-state index in [0.717, 1.165) is 24.0 Å². The van der Waals surface area contributed by atoms with Gasteiger partial charge in [-0.15, -0.1) is 0 Å². The molecule has 1 atom stereocenters. The second-order valence-electron chi connectivity index (χ2n) is 6.30. The molecule has 0 radical (unpaired) electrons. The summed E-state index contributed by atoms with van der Waals surface area (Å²) in [4.78, 5) is 12.1. The summed E-state index contributed by atoms with van der Waals surface area (Å²) in [5.74, 6) is 0. The molecule has 6 heteroatoms. The minimum atomic E-state index is -0.583. The van der Waals surface area contributed by atoms with Gasteiger partial charge in [-0.2, -0.15) is 5.10 Å². The van der Waals surface area contributed by atoms with Gasteiger partial charge in [0.05, 0.1) is 18.7 Å². The van der Waals surface area contributed by atoms with E-state index in [1.54, 1.807) is 6.20 Å². The number of urea groups is 1. The Morgan fingerprint density at radius 2 is 2.12 bits per heavy atom. The Hall–Kier alpha value is -2.34. The smallest absolute Gasteiger partial charge is 0.315 e. The second kappa shape index (κ2) is 8.49. The first-order chi connectivity index (χ1) is 11.5. The van der Waals surface area contributed by atoms with Crippen molar-refractivity contribution in [3.8, 4) is 0 Å². The van der Waals surface area contributed by atoms with Gasteiger partial charge >= 0.3 is 6.03 Å². The average molecular weight is 330 g/mol. The molecule has 3 N–H and O–H groups in total. The SMILES string of the molecule is CCCC(C)(CO)NC(=O)NCc1cccc(Cn2cccn2)c1. The van der Waals surface area contributed by atoms with Crippen molar-refractivity contribution in [1.29, 1.82) is 0 Å². The number of rotatable bonds is 8. The molecule has 1 unspecified atom stereocenters. The van der Waals surface area contributed by atoms with E-state index in [0.29, 0.717) is 13.1 Å². The van der Waals surface area contributed by atoms with Crippen molar-refractivity contribution in [2.24, 2.45) is 0 Å². The fraction of sp³-hybridized carbons (Fsp3) is 0.444. The lowest BCUT2D eigenvalue weighted by Crippen LogP contribution is -2.52. The molecule has 0 aliphatic heterocycles. The number of carbonyl (C=O) groups excluding carboxylic acids is 1. The molecule has 0 saturated heterocycles. The van der Waals surface area contributed by atoms with Crippen molar-refractivity contribution in [1.82, 2.24) is 20.4 Å². The lowest BCUT2D eigenvalue weighted by molar-refractivity contribution is 0.163. The van der Waals surface area contributed by atoms with Crippen LogP contribution < -0.4 is 10.6 Å². The van der Waals surface area contributed by atoms with Crippen LogP contribution in [0.2, 0.25) is 0 Å². The Labute approximate surface area is 142 Å². The third-order valence-corrected chi connectivity index (χ3v) is 3.91. The third kappa shape index (κ3) is 5.38. The number of amides is 2. The molecule has 0 fully saturated rings. The van der Waals surface area contributed by atoms with Crippen molar-refractivity contribution in [3.05, 3.63) is 53.9 Å². The number of aromatic nitrogens is 2. The second-order valence-corrected chi connectivity index (χ2v) is 6.30. The van der Waals surface area contributed by atoms with E-state index in [4.69, 9.17) is 0 Å². The van der Waals surface area contributed by atoms with Gasteiger partial charge in [-0.1, -0.05) is 37.6 Å². The van der Waals surface area contributed by atoms with E-state index >= 15 is 0 Å². The van der Waals surface area contributed by atoms with Crippen LogP contribution in [-0.4, -0.2) is 33.1 Å². The van der Waals surface area contributed by atoms with Crippen LogP contribution in [0.1, 0.15) is 37.8 Å². The highest BCUT2D eigenvalue weighted by Crippen LogP contribution is 2.11. The number of nitrogens with one attached hydrogen (secondary N) is 2. The maximum Gasteiger partial charge on any atom is 0.315 e. The molecule has 2 rings (SSSR count). The van der Waals surface area contributed by atoms with Crippen molar-refractivity contribution in [3.63, 3.8) is 0 Å². The first kappa shape index (κ1) is 18.0. The highest BCUT2D eigenvalue weighted by Gasteiger charge is 2.24. The summed E-state index contributed by atoms with van der Waals surface area (Å²) in [5, 5.41) is 19.4. The fourth-order valence-corrected chi connectivity index (χ4v) is 2.65. The normalized spacial score (nSPS) is 13.3. The zero-order chi connectivity index (χ0) is 17.4. The van der Waals surface area contributed by atoms with Crippen molar-refractivity contribution >= 4 is 6.03 Å². The molecule has 0 saturated carbocycles. The highest BCUT2D eigenvalue weighted by atomic mass is 16.3. The topological polar surface area (TPSA) is 79.2 Å². The van der Waals surface area contributed by atoms with E-state index in [9.17, 15) is 9.90 Å². The highest BCUT2D eigenvalue weighted by molar-refractivity contribution is 5.74. The first-order valence-corrected chi connectivity index (χ1v) is 8.27. The predicted octanol–water partition coefficient (Wildman–Crippen LogP) is 2.28. The average Bonchev–Trinajstić information content (AvgIpc) is 3.06. The molecule has 0 aliphatic carbocycles. The molecule has 0 spiro atoms. The lowest BCUT2D eigenvalue weighted by Gasteiger charge is -2.28. The van der Waals surface area contributed by atoms with E-state index < -0.39 is 5.54 Å². The number of aliphatic hydroxyl groups is 1. The Morgan fingerprint density at radius 1 is 1.33 bits per heavy atom. The maximum atomic E-state index is 12.1. The molecular formula is C18H26N4O2. The molecule has 1 aromatic heterocycles. The van der Waals surface area contributed by atoms with Crippen LogP contribution >= 0.6 is 0 Å². The zero-order valence-corrected chi connectivity index (χ0v) is 14.3. The minimum Gasteiger partial charge on any atom is -0.394 e. The summed E-state index contributed by atoms with van der Waals surface area (Å²) < 4.78 is 1.86.